The molecule has 0 aliphatic heterocycles. The molecule has 0 fully saturated rings. The molecule has 3 aromatic rings. The van der Waals surface area contributed by atoms with Gasteiger partial charge in [-0.25, -0.2) is 4.39 Å². The first kappa shape index (κ1) is 20.5. The zero-order valence-corrected chi connectivity index (χ0v) is 17.2. The Kier molecular flexibility index (Phi) is 6.24. The molecule has 3 rings (SSSR count). The number of hydrogen-bond donors (Lipinski definition) is 0. The molecule has 0 spiro atoms. The number of hydrogen-bond acceptors (Lipinski definition) is 7. The smallest absolute Gasteiger partial charge is 0.203 e. The highest BCUT2D eigenvalue weighted by Crippen LogP contribution is 2.42. The third kappa shape index (κ3) is 3.98. The average Bonchev–Trinajstić information content (AvgIpc) is 3.15. The van der Waals surface area contributed by atoms with Crippen LogP contribution in [-0.4, -0.2) is 41.3 Å². The summed E-state index contributed by atoms with van der Waals surface area (Å²) in [6.45, 7) is 1.74. The molecule has 150 valence electrons. The van der Waals surface area contributed by atoms with Crippen molar-refractivity contribution in [1.82, 2.24) is 14.8 Å². The van der Waals surface area contributed by atoms with E-state index >= 15 is 0 Å². The number of methoxy groups -OCH3 is 3. The Bertz CT molecular complexity index is 1040. The minimum Gasteiger partial charge on any atom is -0.493 e. The summed E-state index contributed by atoms with van der Waals surface area (Å²) in [5.74, 6) is 1.24. The van der Waals surface area contributed by atoms with Gasteiger partial charge in [0.05, 0.1) is 38.3 Å². The third-order valence-electron chi connectivity index (χ3n) is 4.11. The number of nitriles is 1. The van der Waals surface area contributed by atoms with E-state index in [2.05, 4.69) is 16.3 Å². The highest BCUT2D eigenvalue weighted by Gasteiger charge is 2.23. The lowest BCUT2D eigenvalue weighted by Gasteiger charge is -2.15. The second-order valence-electron chi connectivity index (χ2n) is 5.90. The summed E-state index contributed by atoms with van der Waals surface area (Å²) in [4.78, 5) is 0. The van der Waals surface area contributed by atoms with Crippen LogP contribution in [0.4, 0.5) is 4.39 Å². The van der Waals surface area contributed by atoms with Gasteiger partial charge in [0.25, 0.3) is 0 Å². The molecule has 0 amide bonds. The number of halogens is 1. The Morgan fingerprint density at radius 3 is 2.28 bits per heavy atom. The van der Waals surface area contributed by atoms with Crippen molar-refractivity contribution >= 4 is 11.8 Å². The molecular formula is C20H19FN4O3S. The van der Waals surface area contributed by atoms with Gasteiger partial charge in [0, 0.05) is 5.56 Å². The second-order valence-corrected chi connectivity index (χ2v) is 7.20. The van der Waals surface area contributed by atoms with Crippen LogP contribution in [0.3, 0.4) is 0 Å². The number of aromatic nitrogens is 3. The lowest BCUT2D eigenvalue weighted by atomic mass is 10.1. The molecule has 9 heteroatoms. The van der Waals surface area contributed by atoms with Crippen LogP contribution in [0.1, 0.15) is 6.92 Å². The van der Waals surface area contributed by atoms with Crippen LogP contribution in [0, 0.1) is 17.1 Å². The van der Waals surface area contributed by atoms with Crippen molar-refractivity contribution in [2.24, 2.45) is 0 Å². The monoisotopic (exact) mass is 414 g/mol. The van der Waals surface area contributed by atoms with Gasteiger partial charge in [-0.1, -0.05) is 23.9 Å². The zero-order chi connectivity index (χ0) is 21.0. The molecule has 7 nitrogen and oxygen atoms in total. The van der Waals surface area contributed by atoms with E-state index in [4.69, 9.17) is 14.2 Å². The van der Waals surface area contributed by atoms with Gasteiger partial charge in [0.15, 0.2) is 22.5 Å². The maximum Gasteiger partial charge on any atom is 0.203 e. The summed E-state index contributed by atoms with van der Waals surface area (Å²) in [5, 5.41) is 17.6. The maximum atomic E-state index is 14.6. The van der Waals surface area contributed by atoms with Crippen molar-refractivity contribution in [2.75, 3.05) is 21.3 Å². The molecule has 0 N–H and O–H groups in total. The Morgan fingerprint density at radius 1 is 1.07 bits per heavy atom. The van der Waals surface area contributed by atoms with Gasteiger partial charge in [-0.2, -0.15) is 5.26 Å². The van der Waals surface area contributed by atoms with Gasteiger partial charge < -0.3 is 14.2 Å². The zero-order valence-electron chi connectivity index (χ0n) is 16.3. The fourth-order valence-corrected chi connectivity index (χ4v) is 3.53. The van der Waals surface area contributed by atoms with Crippen LogP contribution in [0.2, 0.25) is 0 Å². The van der Waals surface area contributed by atoms with E-state index in [0.717, 1.165) is 0 Å². The summed E-state index contributed by atoms with van der Waals surface area (Å²) >= 11 is 1.19. The van der Waals surface area contributed by atoms with Crippen molar-refractivity contribution in [3.63, 3.8) is 0 Å². The van der Waals surface area contributed by atoms with Crippen LogP contribution in [0.25, 0.3) is 17.1 Å². The Labute approximate surface area is 172 Å². The molecule has 0 bridgehead atoms. The third-order valence-corrected chi connectivity index (χ3v) is 5.05. The van der Waals surface area contributed by atoms with Gasteiger partial charge in [-0.3, -0.25) is 4.57 Å². The number of thioether (sulfide) groups is 1. The molecule has 0 unspecified atom stereocenters. The van der Waals surface area contributed by atoms with Crippen LogP contribution < -0.4 is 14.2 Å². The average molecular weight is 414 g/mol. The van der Waals surface area contributed by atoms with Crippen molar-refractivity contribution in [3.8, 4) is 40.4 Å². The van der Waals surface area contributed by atoms with Crippen molar-refractivity contribution in [3.05, 3.63) is 42.2 Å². The predicted octanol–water partition coefficient (Wildman–Crippen LogP) is 4.10. The molecule has 1 atom stereocenters. The van der Waals surface area contributed by atoms with Crippen molar-refractivity contribution in [2.45, 2.75) is 17.3 Å². The molecule has 29 heavy (non-hydrogen) atoms. The van der Waals surface area contributed by atoms with E-state index in [0.29, 0.717) is 33.8 Å². The van der Waals surface area contributed by atoms with Crippen LogP contribution in [0.5, 0.6) is 17.2 Å². The second kappa shape index (κ2) is 8.84. The first-order chi connectivity index (χ1) is 14.0. The number of nitrogens with zero attached hydrogens (tertiary/aromatic N) is 4. The first-order valence-corrected chi connectivity index (χ1v) is 9.49. The van der Waals surface area contributed by atoms with Gasteiger partial charge in [-0.15, -0.1) is 10.2 Å². The predicted molar refractivity (Wildman–Crippen MR) is 107 cm³/mol. The molecule has 2 aromatic carbocycles. The van der Waals surface area contributed by atoms with Gasteiger partial charge in [-0.05, 0) is 31.2 Å². The minimum absolute atomic E-state index is 0.272. The highest BCUT2D eigenvalue weighted by molar-refractivity contribution is 8.00. The van der Waals surface area contributed by atoms with E-state index in [1.54, 1.807) is 41.8 Å². The van der Waals surface area contributed by atoms with Gasteiger partial charge in [0.1, 0.15) is 5.82 Å². The summed E-state index contributed by atoms with van der Waals surface area (Å²) in [6, 6.07) is 11.9. The van der Waals surface area contributed by atoms with Crippen molar-refractivity contribution < 1.29 is 18.6 Å². The highest BCUT2D eigenvalue weighted by atomic mass is 32.2. The molecule has 0 saturated carbocycles. The van der Waals surface area contributed by atoms with E-state index < -0.39 is 11.1 Å². The summed E-state index contributed by atoms with van der Waals surface area (Å²) in [5.41, 5.74) is 0.862. The minimum atomic E-state index is -0.438. The Morgan fingerprint density at radius 2 is 1.72 bits per heavy atom. The van der Waals surface area contributed by atoms with E-state index in [9.17, 15) is 9.65 Å². The van der Waals surface area contributed by atoms with Crippen LogP contribution >= 0.6 is 11.8 Å². The fourth-order valence-electron chi connectivity index (χ4n) is 2.78. The molecular weight excluding hydrogens is 395 g/mol. The number of ether oxygens (including phenoxy) is 3. The van der Waals surface area contributed by atoms with E-state index in [-0.39, 0.29) is 5.69 Å². The van der Waals surface area contributed by atoms with Gasteiger partial charge >= 0.3 is 0 Å². The molecule has 1 aromatic heterocycles. The number of para-hydroxylation sites is 1. The van der Waals surface area contributed by atoms with E-state index in [1.807, 2.05) is 0 Å². The molecule has 0 aliphatic rings. The molecule has 0 saturated heterocycles. The maximum absolute atomic E-state index is 14.6. The van der Waals surface area contributed by atoms with Gasteiger partial charge in [0.2, 0.25) is 5.75 Å². The standard InChI is InChI=1S/C20H19FN4O3S/c1-12(11-22)29-20-24-23-19(25(20)15-8-6-5-7-14(15)21)13-9-16(26-2)18(28-4)17(10-13)27-3/h5-10,12H,1-4H3/t12-/m1/s1. The number of benzene rings is 2. The molecule has 0 aliphatic carbocycles. The summed E-state index contributed by atoms with van der Waals surface area (Å²) < 4.78 is 32.4. The Balaban J connectivity index is 2.26. The largest absolute Gasteiger partial charge is 0.493 e. The topological polar surface area (TPSA) is 82.2 Å². The van der Waals surface area contributed by atoms with Crippen molar-refractivity contribution in [1.29, 1.82) is 5.26 Å². The normalized spacial score (nSPS) is 11.6. The lowest BCUT2D eigenvalue weighted by molar-refractivity contribution is 0.324. The first-order valence-electron chi connectivity index (χ1n) is 8.61. The lowest BCUT2D eigenvalue weighted by Crippen LogP contribution is -2.04. The summed E-state index contributed by atoms with van der Waals surface area (Å²) in [6.07, 6.45) is 0. The fraction of sp³-hybridized carbons (Fsp3) is 0.250. The van der Waals surface area contributed by atoms with Crippen LogP contribution in [-0.2, 0) is 0 Å². The SMILES string of the molecule is COc1cc(-c2nnc(S[C@H](C)C#N)n2-c2ccccc2F)cc(OC)c1OC. The van der Waals surface area contributed by atoms with E-state index in [1.165, 1.54) is 39.2 Å². The number of rotatable bonds is 7. The summed E-state index contributed by atoms with van der Waals surface area (Å²) in [7, 11) is 4.54. The molecule has 0 radical (unpaired) electrons. The van der Waals surface area contributed by atoms with Crippen LogP contribution in [0.15, 0.2) is 41.6 Å². The quantitative estimate of drug-likeness (QED) is 0.538. The molecule has 1 heterocycles. The Hall–Kier alpha value is -3.25.